The molecule has 1 N–H and O–H groups in total. The van der Waals surface area contributed by atoms with Gasteiger partial charge in [0.05, 0.1) is 0 Å². The zero-order chi connectivity index (χ0) is 13.9. The molecule has 0 heterocycles. The first kappa shape index (κ1) is 12.9. The van der Waals surface area contributed by atoms with Gasteiger partial charge in [0, 0.05) is 12.0 Å². The second-order valence-corrected chi connectivity index (χ2v) is 4.98. The van der Waals surface area contributed by atoms with Gasteiger partial charge in [-0.05, 0) is 35.7 Å². The molecular formula is C17H16O3. The van der Waals surface area contributed by atoms with Crippen LogP contribution >= 0.6 is 0 Å². The van der Waals surface area contributed by atoms with Crippen LogP contribution in [0.5, 0.6) is 5.75 Å². The first-order valence-electron chi connectivity index (χ1n) is 6.76. The predicted octanol–water partition coefficient (Wildman–Crippen LogP) is 2.93. The number of Topliss-reactive ketones (excluding diaryl/α,β-unsaturated/α-hetero) is 1. The third-order valence-corrected chi connectivity index (χ3v) is 3.59. The van der Waals surface area contributed by atoms with Crippen molar-refractivity contribution in [2.75, 3.05) is 6.61 Å². The van der Waals surface area contributed by atoms with E-state index in [1.165, 1.54) is 0 Å². The first-order chi connectivity index (χ1) is 9.74. The molecule has 2 aromatic rings. The molecule has 0 aliphatic heterocycles. The zero-order valence-electron chi connectivity index (χ0n) is 11.1. The van der Waals surface area contributed by atoms with Gasteiger partial charge < -0.3 is 9.84 Å². The number of hydrogen-bond donors (Lipinski definition) is 1. The molecule has 3 rings (SSSR count). The van der Waals surface area contributed by atoms with Crippen LogP contribution in [0.1, 0.15) is 34.0 Å². The Balaban J connectivity index is 1.66. The fourth-order valence-electron chi connectivity index (χ4n) is 2.47. The fourth-order valence-corrected chi connectivity index (χ4v) is 2.47. The number of rotatable bonds is 4. The SMILES string of the molecule is O=C1CCc2cc(OC[C@H](O)c3ccccc3)ccc21. The largest absolute Gasteiger partial charge is 0.491 e. The minimum atomic E-state index is -0.647. The van der Waals surface area contributed by atoms with Gasteiger partial charge in [-0.25, -0.2) is 0 Å². The lowest BCUT2D eigenvalue weighted by atomic mass is 10.1. The van der Waals surface area contributed by atoms with Gasteiger partial charge in [0.15, 0.2) is 5.78 Å². The van der Waals surface area contributed by atoms with Crippen molar-refractivity contribution in [3.05, 3.63) is 65.2 Å². The molecule has 1 aliphatic carbocycles. The maximum atomic E-state index is 11.5. The smallest absolute Gasteiger partial charge is 0.163 e. The van der Waals surface area contributed by atoms with Crippen molar-refractivity contribution in [1.82, 2.24) is 0 Å². The second-order valence-electron chi connectivity index (χ2n) is 4.98. The molecule has 0 saturated heterocycles. The Morgan fingerprint density at radius 1 is 1.10 bits per heavy atom. The lowest BCUT2D eigenvalue weighted by molar-refractivity contribution is 0.0994. The molecule has 1 atom stereocenters. The second kappa shape index (κ2) is 5.47. The van der Waals surface area contributed by atoms with E-state index in [-0.39, 0.29) is 12.4 Å². The molecule has 0 spiro atoms. The summed E-state index contributed by atoms with van der Waals surface area (Å²) in [5, 5.41) is 10.0. The van der Waals surface area contributed by atoms with Gasteiger partial charge in [0.2, 0.25) is 0 Å². The minimum Gasteiger partial charge on any atom is -0.491 e. The number of benzene rings is 2. The Hall–Kier alpha value is -2.13. The maximum absolute atomic E-state index is 11.5. The number of aryl methyl sites for hydroxylation is 1. The van der Waals surface area contributed by atoms with Gasteiger partial charge >= 0.3 is 0 Å². The molecule has 0 saturated carbocycles. The van der Waals surface area contributed by atoms with Crippen LogP contribution in [0.25, 0.3) is 0 Å². The number of ketones is 1. The normalized spacial score (nSPS) is 14.9. The Bertz CT molecular complexity index is 619. The molecule has 0 aromatic heterocycles. The summed E-state index contributed by atoms with van der Waals surface area (Å²) in [7, 11) is 0. The molecule has 0 amide bonds. The molecule has 2 aromatic carbocycles. The Morgan fingerprint density at radius 2 is 1.90 bits per heavy atom. The number of carbonyl (C=O) groups excluding carboxylic acids is 1. The molecule has 0 bridgehead atoms. The van der Waals surface area contributed by atoms with E-state index in [0.717, 1.165) is 23.1 Å². The molecule has 3 heteroatoms. The van der Waals surface area contributed by atoms with Crippen LogP contribution in [-0.4, -0.2) is 17.5 Å². The van der Waals surface area contributed by atoms with E-state index in [1.54, 1.807) is 6.07 Å². The summed E-state index contributed by atoms with van der Waals surface area (Å²) < 4.78 is 5.62. The van der Waals surface area contributed by atoms with E-state index in [2.05, 4.69) is 0 Å². The third kappa shape index (κ3) is 2.58. The summed E-state index contributed by atoms with van der Waals surface area (Å²) in [5.41, 5.74) is 2.69. The zero-order valence-corrected chi connectivity index (χ0v) is 11.1. The van der Waals surface area contributed by atoms with Gasteiger partial charge in [-0.2, -0.15) is 0 Å². The van der Waals surface area contributed by atoms with Gasteiger partial charge in [-0.15, -0.1) is 0 Å². The Morgan fingerprint density at radius 3 is 2.70 bits per heavy atom. The van der Waals surface area contributed by atoms with Crippen molar-refractivity contribution in [3.8, 4) is 5.75 Å². The minimum absolute atomic E-state index is 0.205. The number of carbonyl (C=O) groups is 1. The summed E-state index contributed by atoms with van der Waals surface area (Å²) in [6.07, 6.45) is 0.726. The van der Waals surface area contributed by atoms with Gasteiger partial charge in [-0.1, -0.05) is 30.3 Å². The van der Waals surface area contributed by atoms with Crippen LogP contribution in [0.4, 0.5) is 0 Å². The highest BCUT2D eigenvalue weighted by atomic mass is 16.5. The number of aliphatic hydroxyl groups excluding tert-OH is 1. The van der Waals surface area contributed by atoms with E-state index in [4.69, 9.17) is 4.74 Å². The highest BCUT2D eigenvalue weighted by molar-refractivity contribution is 6.00. The molecule has 1 aliphatic rings. The third-order valence-electron chi connectivity index (χ3n) is 3.59. The standard InChI is InChI=1S/C17H16O3/c18-16-9-6-13-10-14(7-8-15(13)16)20-11-17(19)12-4-2-1-3-5-12/h1-5,7-8,10,17,19H,6,9,11H2/t17-/m0/s1. The number of fused-ring (bicyclic) bond motifs is 1. The lowest BCUT2D eigenvalue weighted by Gasteiger charge is -2.13. The maximum Gasteiger partial charge on any atom is 0.163 e. The highest BCUT2D eigenvalue weighted by Crippen LogP contribution is 2.26. The van der Waals surface area contributed by atoms with Crippen molar-refractivity contribution in [1.29, 1.82) is 0 Å². The summed E-state index contributed by atoms with van der Waals surface area (Å²) in [6, 6.07) is 14.9. The van der Waals surface area contributed by atoms with Crippen LogP contribution < -0.4 is 4.74 Å². The number of hydrogen-bond acceptors (Lipinski definition) is 3. The summed E-state index contributed by atoms with van der Waals surface area (Å²) >= 11 is 0. The first-order valence-corrected chi connectivity index (χ1v) is 6.76. The van der Waals surface area contributed by atoms with Crippen LogP contribution in [-0.2, 0) is 6.42 Å². The van der Waals surface area contributed by atoms with Crippen molar-refractivity contribution in [2.45, 2.75) is 18.9 Å². The Kier molecular flexibility index (Phi) is 3.52. The number of ether oxygens (including phenoxy) is 1. The van der Waals surface area contributed by atoms with Crippen LogP contribution in [0.3, 0.4) is 0 Å². The average Bonchev–Trinajstić information content (AvgIpc) is 2.87. The van der Waals surface area contributed by atoms with E-state index < -0.39 is 6.10 Å². The number of aliphatic hydroxyl groups is 1. The van der Waals surface area contributed by atoms with Crippen LogP contribution in [0.15, 0.2) is 48.5 Å². The van der Waals surface area contributed by atoms with Crippen molar-refractivity contribution < 1.29 is 14.6 Å². The monoisotopic (exact) mass is 268 g/mol. The topological polar surface area (TPSA) is 46.5 Å². The predicted molar refractivity (Wildman–Crippen MR) is 76.0 cm³/mol. The molecule has 0 fully saturated rings. The molecule has 0 unspecified atom stereocenters. The van der Waals surface area contributed by atoms with Crippen molar-refractivity contribution >= 4 is 5.78 Å². The van der Waals surface area contributed by atoms with E-state index in [0.29, 0.717) is 12.2 Å². The van der Waals surface area contributed by atoms with E-state index in [1.807, 2.05) is 42.5 Å². The molecular weight excluding hydrogens is 252 g/mol. The highest BCUT2D eigenvalue weighted by Gasteiger charge is 2.19. The van der Waals surface area contributed by atoms with E-state index >= 15 is 0 Å². The molecule has 3 nitrogen and oxygen atoms in total. The van der Waals surface area contributed by atoms with Gasteiger partial charge in [0.1, 0.15) is 18.5 Å². The quantitative estimate of drug-likeness (QED) is 0.927. The van der Waals surface area contributed by atoms with Gasteiger partial charge in [0.25, 0.3) is 0 Å². The lowest BCUT2D eigenvalue weighted by Crippen LogP contribution is -2.09. The fraction of sp³-hybridized carbons (Fsp3) is 0.235. The van der Waals surface area contributed by atoms with E-state index in [9.17, 15) is 9.90 Å². The summed E-state index contributed by atoms with van der Waals surface area (Å²) in [5.74, 6) is 0.907. The molecule has 0 radical (unpaired) electrons. The van der Waals surface area contributed by atoms with Crippen molar-refractivity contribution in [3.63, 3.8) is 0 Å². The summed E-state index contributed by atoms with van der Waals surface area (Å²) in [4.78, 5) is 11.5. The van der Waals surface area contributed by atoms with Gasteiger partial charge in [-0.3, -0.25) is 4.79 Å². The molecule has 20 heavy (non-hydrogen) atoms. The average molecular weight is 268 g/mol. The van der Waals surface area contributed by atoms with Crippen molar-refractivity contribution in [2.24, 2.45) is 0 Å². The van der Waals surface area contributed by atoms with Crippen LogP contribution in [0.2, 0.25) is 0 Å². The Labute approximate surface area is 117 Å². The van der Waals surface area contributed by atoms with Crippen LogP contribution in [0, 0.1) is 0 Å². The summed E-state index contributed by atoms with van der Waals surface area (Å²) in [6.45, 7) is 0.205. The molecule has 102 valence electrons.